The molecule has 5 atom stereocenters. The number of hydrogen-bond acceptors (Lipinski definition) is 2. The summed E-state index contributed by atoms with van der Waals surface area (Å²) in [5.41, 5.74) is 0.587. The summed E-state index contributed by atoms with van der Waals surface area (Å²) in [7, 11) is 0. The van der Waals surface area contributed by atoms with Crippen molar-refractivity contribution < 1.29 is 10.2 Å². The van der Waals surface area contributed by atoms with Crippen molar-refractivity contribution in [3.8, 4) is 0 Å². The highest BCUT2D eigenvalue weighted by atomic mass is 79.9. The molecule has 0 spiro atoms. The molecule has 0 saturated heterocycles. The van der Waals surface area contributed by atoms with Crippen LogP contribution in [0.1, 0.15) is 26.7 Å². The molecule has 1 aliphatic rings. The molecular formula is C12H20BrClO2. The van der Waals surface area contributed by atoms with Gasteiger partial charge in [-0.25, -0.2) is 0 Å². The van der Waals surface area contributed by atoms with E-state index in [1.165, 1.54) is 0 Å². The fourth-order valence-electron chi connectivity index (χ4n) is 2.34. The Hall–Kier alpha value is 0.430. The third kappa shape index (κ3) is 2.47. The van der Waals surface area contributed by atoms with E-state index in [1.807, 2.05) is 13.8 Å². The molecule has 0 amide bonds. The van der Waals surface area contributed by atoms with Crippen LogP contribution in [0, 0.1) is 11.3 Å². The maximum Gasteiger partial charge on any atom is 0.0625 e. The van der Waals surface area contributed by atoms with Gasteiger partial charge in [-0.1, -0.05) is 35.0 Å². The summed E-state index contributed by atoms with van der Waals surface area (Å²) >= 11 is 9.80. The summed E-state index contributed by atoms with van der Waals surface area (Å²) in [6, 6.07) is 0. The smallest absolute Gasteiger partial charge is 0.0625 e. The van der Waals surface area contributed by atoms with Crippen LogP contribution in [-0.4, -0.2) is 33.1 Å². The Labute approximate surface area is 111 Å². The molecule has 0 aromatic carbocycles. The monoisotopic (exact) mass is 310 g/mol. The summed E-state index contributed by atoms with van der Waals surface area (Å²) in [6.45, 7) is 7.81. The summed E-state index contributed by atoms with van der Waals surface area (Å²) < 4.78 is 0. The number of aliphatic hydroxyl groups is 2. The highest BCUT2D eigenvalue weighted by Gasteiger charge is 2.49. The van der Waals surface area contributed by atoms with Gasteiger partial charge in [-0.05, 0) is 25.7 Å². The van der Waals surface area contributed by atoms with E-state index in [1.54, 1.807) is 0 Å². The standard InChI is InChI=1S/C12H20BrClO2/c1-7(2)8-4-10(14)12(3,9(13)6-15)11(16)5-8/h8-11,15-16H,1,4-6H2,2-3H3/t8-,9-,10+,11+,12-/m0/s1. The Morgan fingerprint density at radius 1 is 1.62 bits per heavy atom. The molecule has 0 heterocycles. The van der Waals surface area contributed by atoms with Crippen molar-refractivity contribution in [3.05, 3.63) is 12.2 Å². The molecule has 1 rings (SSSR count). The number of alkyl halides is 2. The van der Waals surface area contributed by atoms with Crippen molar-refractivity contribution >= 4 is 27.5 Å². The lowest BCUT2D eigenvalue weighted by Crippen LogP contribution is -2.52. The Balaban J connectivity index is 2.87. The molecule has 16 heavy (non-hydrogen) atoms. The molecule has 0 aliphatic heterocycles. The first-order valence-electron chi connectivity index (χ1n) is 5.56. The summed E-state index contributed by atoms with van der Waals surface area (Å²) in [5.74, 6) is 0.281. The summed E-state index contributed by atoms with van der Waals surface area (Å²) in [4.78, 5) is -0.177. The molecular weight excluding hydrogens is 291 g/mol. The van der Waals surface area contributed by atoms with Crippen molar-refractivity contribution in [2.24, 2.45) is 11.3 Å². The highest BCUT2D eigenvalue weighted by molar-refractivity contribution is 9.09. The van der Waals surface area contributed by atoms with Crippen molar-refractivity contribution in [1.82, 2.24) is 0 Å². The SMILES string of the molecule is C=C(C)[C@@H]1C[C@@H](O)[C@@](C)([C@@H](Br)CO)[C@H](Cl)C1. The van der Waals surface area contributed by atoms with Crippen LogP contribution in [0.3, 0.4) is 0 Å². The van der Waals surface area contributed by atoms with Gasteiger partial charge in [0.15, 0.2) is 0 Å². The number of hydrogen-bond donors (Lipinski definition) is 2. The molecule has 1 saturated carbocycles. The van der Waals surface area contributed by atoms with E-state index in [2.05, 4.69) is 22.5 Å². The van der Waals surface area contributed by atoms with Gasteiger partial charge in [0.05, 0.1) is 12.7 Å². The summed E-state index contributed by atoms with van der Waals surface area (Å²) in [6.07, 6.45) is 0.978. The zero-order valence-electron chi connectivity index (χ0n) is 9.79. The molecule has 0 radical (unpaired) electrons. The fraction of sp³-hybridized carbons (Fsp3) is 0.833. The first kappa shape index (κ1) is 14.5. The minimum atomic E-state index is -0.512. The largest absolute Gasteiger partial charge is 0.395 e. The van der Waals surface area contributed by atoms with E-state index in [4.69, 9.17) is 11.6 Å². The lowest BCUT2D eigenvalue weighted by molar-refractivity contribution is -0.0180. The van der Waals surface area contributed by atoms with Gasteiger partial charge >= 0.3 is 0 Å². The number of rotatable bonds is 3. The molecule has 1 fully saturated rings. The number of halogens is 2. The van der Waals surface area contributed by atoms with Gasteiger partial charge in [-0.15, -0.1) is 11.6 Å². The molecule has 0 aromatic rings. The van der Waals surface area contributed by atoms with Crippen molar-refractivity contribution in [3.63, 3.8) is 0 Å². The molecule has 0 aromatic heterocycles. The van der Waals surface area contributed by atoms with E-state index in [-0.39, 0.29) is 22.7 Å². The average molecular weight is 312 g/mol. The van der Waals surface area contributed by atoms with Crippen LogP contribution in [-0.2, 0) is 0 Å². The number of allylic oxidation sites excluding steroid dienone is 1. The topological polar surface area (TPSA) is 40.5 Å². The van der Waals surface area contributed by atoms with Crippen molar-refractivity contribution in [2.75, 3.05) is 6.61 Å². The zero-order valence-corrected chi connectivity index (χ0v) is 12.1. The molecule has 0 bridgehead atoms. The Bertz CT molecular complexity index is 258. The predicted octanol–water partition coefficient (Wildman–Crippen LogP) is 2.70. The molecule has 1 aliphatic carbocycles. The van der Waals surface area contributed by atoms with E-state index in [0.29, 0.717) is 6.42 Å². The van der Waals surface area contributed by atoms with Crippen LogP contribution in [0.15, 0.2) is 12.2 Å². The van der Waals surface area contributed by atoms with Gasteiger partial charge in [-0.3, -0.25) is 0 Å². The summed E-state index contributed by atoms with van der Waals surface area (Å²) in [5, 5.41) is 19.3. The second-order valence-corrected chi connectivity index (χ2v) is 6.65. The van der Waals surface area contributed by atoms with Gasteiger partial charge in [0.1, 0.15) is 0 Å². The average Bonchev–Trinajstić information content (AvgIpc) is 2.23. The van der Waals surface area contributed by atoms with E-state index < -0.39 is 11.5 Å². The Kier molecular flexibility index (Phi) is 4.88. The maximum atomic E-state index is 10.3. The van der Waals surface area contributed by atoms with E-state index in [0.717, 1.165) is 12.0 Å². The minimum absolute atomic E-state index is 0.0193. The highest BCUT2D eigenvalue weighted by Crippen LogP contribution is 2.48. The molecule has 4 heteroatoms. The number of aliphatic hydroxyl groups excluding tert-OH is 2. The molecule has 0 unspecified atom stereocenters. The molecule has 94 valence electrons. The normalized spacial score (nSPS) is 41.8. The van der Waals surface area contributed by atoms with Crippen LogP contribution < -0.4 is 0 Å². The van der Waals surface area contributed by atoms with E-state index >= 15 is 0 Å². The van der Waals surface area contributed by atoms with Crippen LogP contribution in [0.5, 0.6) is 0 Å². The Morgan fingerprint density at radius 2 is 2.19 bits per heavy atom. The lowest BCUT2D eigenvalue weighted by Gasteiger charge is -2.47. The molecule has 2 nitrogen and oxygen atoms in total. The minimum Gasteiger partial charge on any atom is -0.395 e. The van der Waals surface area contributed by atoms with Crippen molar-refractivity contribution in [1.29, 1.82) is 0 Å². The van der Waals surface area contributed by atoms with Gasteiger partial charge < -0.3 is 10.2 Å². The van der Waals surface area contributed by atoms with Crippen LogP contribution in [0.2, 0.25) is 0 Å². The zero-order chi connectivity index (χ0) is 12.5. The Morgan fingerprint density at radius 3 is 2.56 bits per heavy atom. The van der Waals surface area contributed by atoms with Crippen LogP contribution >= 0.6 is 27.5 Å². The van der Waals surface area contributed by atoms with Crippen LogP contribution in [0.4, 0.5) is 0 Å². The van der Waals surface area contributed by atoms with Gasteiger partial charge in [-0.2, -0.15) is 0 Å². The quantitative estimate of drug-likeness (QED) is 0.621. The van der Waals surface area contributed by atoms with Gasteiger partial charge in [0.25, 0.3) is 0 Å². The second kappa shape index (κ2) is 5.38. The third-order valence-corrected chi connectivity index (χ3v) is 5.85. The maximum absolute atomic E-state index is 10.3. The second-order valence-electron chi connectivity index (χ2n) is 5.01. The first-order chi connectivity index (χ1) is 7.33. The van der Waals surface area contributed by atoms with Gasteiger partial charge in [0.2, 0.25) is 0 Å². The lowest BCUT2D eigenvalue weighted by atomic mass is 9.66. The van der Waals surface area contributed by atoms with Gasteiger partial charge in [0, 0.05) is 15.6 Å². The third-order valence-electron chi connectivity index (χ3n) is 3.92. The van der Waals surface area contributed by atoms with Crippen molar-refractivity contribution in [2.45, 2.75) is 43.0 Å². The predicted molar refractivity (Wildman–Crippen MR) is 71.1 cm³/mol. The molecule has 2 N–H and O–H groups in total. The van der Waals surface area contributed by atoms with E-state index in [9.17, 15) is 10.2 Å². The first-order valence-corrected chi connectivity index (χ1v) is 6.91. The fourth-order valence-corrected chi connectivity index (χ4v) is 3.63. The van der Waals surface area contributed by atoms with Crippen LogP contribution in [0.25, 0.3) is 0 Å².